The summed E-state index contributed by atoms with van der Waals surface area (Å²) in [5, 5.41) is 6.22. The first-order valence-electron chi connectivity index (χ1n) is 11.1. The molecule has 4 unspecified atom stereocenters. The van der Waals surface area contributed by atoms with Gasteiger partial charge in [0.2, 0.25) is 11.8 Å². The number of ether oxygens (including phenoxy) is 1. The first-order chi connectivity index (χ1) is 15.5. The van der Waals surface area contributed by atoms with Gasteiger partial charge in [0.1, 0.15) is 12.4 Å². The minimum absolute atomic E-state index is 0. The number of carbonyl (C=O) groups is 2. The highest BCUT2D eigenvalue weighted by Gasteiger charge is 2.58. The van der Waals surface area contributed by atoms with E-state index in [1.165, 1.54) is 11.0 Å². The molecular formula is C23H29F2IN4O3. The zero-order valence-corrected chi connectivity index (χ0v) is 20.8. The number of nitrogens with zero attached hydrogens (tertiary/aromatic N) is 2. The molecule has 2 amide bonds. The molecule has 180 valence electrons. The van der Waals surface area contributed by atoms with E-state index >= 15 is 0 Å². The lowest BCUT2D eigenvalue weighted by atomic mass is 9.85. The molecule has 2 N–H and O–H groups in total. The number of amides is 2. The molecule has 1 aliphatic heterocycles. The number of rotatable bonds is 9. The Morgan fingerprint density at radius 3 is 2.45 bits per heavy atom. The van der Waals surface area contributed by atoms with Crippen LogP contribution in [0.5, 0.6) is 5.75 Å². The molecule has 3 aliphatic rings. The Bertz CT molecular complexity index is 912. The Kier molecular flexibility index (Phi) is 8.66. The second-order valence-corrected chi connectivity index (χ2v) is 8.29. The van der Waals surface area contributed by atoms with Crippen LogP contribution in [0.1, 0.15) is 19.8 Å². The Morgan fingerprint density at radius 1 is 1.12 bits per heavy atom. The van der Waals surface area contributed by atoms with E-state index < -0.39 is 11.6 Å². The van der Waals surface area contributed by atoms with Gasteiger partial charge in [-0.25, -0.2) is 8.78 Å². The molecule has 33 heavy (non-hydrogen) atoms. The summed E-state index contributed by atoms with van der Waals surface area (Å²) in [5.41, 5.74) is 0. The highest BCUT2D eigenvalue weighted by Crippen LogP contribution is 2.52. The van der Waals surface area contributed by atoms with Crippen molar-refractivity contribution in [2.75, 3.05) is 32.8 Å². The standard InChI is InChI=1S/C23H28F2N4O3.HI/c1-2-26-23(28-9-11-32-16-6-7-17(24)18(25)13-16)27-8-3-10-29-21(30)19-14-4-5-15(12-14)20(19)22(29)31;/h4-7,13-15,19-20H,2-3,8-12H2,1H3,(H2,26,27,28);1H. The number of aliphatic imine (C=N–C) groups is 1. The summed E-state index contributed by atoms with van der Waals surface area (Å²) in [4.78, 5) is 31.3. The van der Waals surface area contributed by atoms with Gasteiger partial charge < -0.3 is 15.4 Å². The summed E-state index contributed by atoms with van der Waals surface area (Å²) in [6, 6.07) is 3.40. The van der Waals surface area contributed by atoms with Gasteiger partial charge in [0, 0.05) is 25.7 Å². The largest absolute Gasteiger partial charge is 0.492 e. The minimum atomic E-state index is -0.951. The van der Waals surface area contributed by atoms with Gasteiger partial charge in [-0.3, -0.25) is 19.5 Å². The van der Waals surface area contributed by atoms with E-state index in [2.05, 4.69) is 27.8 Å². The molecule has 1 aromatic carbocycles. The monoisotopic (exact) mass is 574 g/mol. The number of guanidine groups is 1. The maximum Gasteiger partial charge on any atom is 0.233 e. The zero-order valence-electron chi connectivity index (χ0n) is 18.4. The summed E-state index contributed by atoms with van der Waals surface area (Å²) < 4.78 is 31.6. The fourth-order valence-electron chi connectivity index (χ4n) is 4.85. The summed E-state index contributed by atoms with van der Waals surface area (Å²) in [6.45, 7) is 4.09. The van der Waals surface area contributed by atoms with Gasteiger partial charge >= 0.3 is 0 Å². The maximum absolute atomic E-state index is 13.2. The third kappa shape index (κ3) is 5.47. The molecule has 0 spiro atoms. The van der Waals surface area contributed by atoms with Crippen molar-refractivity contribution < 1.29 is 23.1 Å². The van der Waals surface area contributed by atoms with Crippen molar-refractivity contribution in [3.63, 3.8) is 0 Å². The summed E-state index contributed by atoms with van der Waals surface area (Å²) >= 11 is 0. The quantitative estimate of drug-likeness (QED) is 0.118. The molecule has 2 fully saturated rings. The van der Waals surface area contributed by atoms with Crippen LogP contribution in [0.4, 0.5) is 8.78 Å². The third-order valence-corrected chi connectivity index (χ3v) is 6.27. The van der Waals surface area contributed by atoms with Gasteiger partial charge in [-0.1, -0.05) is 12.2 Å². The number of fused-ring (bicyclic) bond motifs is 5. The van der Waals surface area contributed by atoms with Crippen LogP contribution in [-0.4, -0.2) is 55.5 Å². The van der Waals surface area contributed by atoms with E-state index in [0.29, 0.717) is 38.6 Å². The van der Waals surface area contributed by atoms with E-state index in [-0.39, 0.29) is 71.8 Å². The number of benzene rings is 1. The summed E-state index contributed by atoms with van der Waals surface area (Å²) in [6.07, 6.45) is 5.70. The highest BCUT2D eigenvalue weighted by molar-refractivity contribution is 14.0. The maximum atomic E-state index is 13.2. The lowest BCUT2D eigenvalue weighted by Crippen LogP contribution is -2.39. The Balaban J connectivity index is 0.00000306. The molecule has 4 atom stereocenters. The predicted octanol–water partition coefficient (Wildman–Crippen LogP) is 2.71. The molecule has 2 aliphatic carbocycles. The fraction of sp³-hybridized carbons (Fsp3) is 0.522. The number of hydrogen-bond donors (Lipinski definition) is 2. The third-order valence-electron chi connectivity index (χ3n) is 6.27. The first kappa shape index (κ1) is 25.4. The molecule has 1 saturated heterocycles. The molecule has 0 aromatic heterocycles. The number of allylic oxidation sites excluding steroid dienone is 2. The van der Waals surface area contributed by atoms with Gasteiger partial charge in [-0.05, 0) is 43.7 Å². The molecule has 1 aromatic rings. The van der Waals surface area contributed by atoms with Gasteiger partial charge in [-0.2, -0.15) is 0 Å². The Labute approximate surface area is 209 Å². The molecule has 4 rings (SSSR count). The van der Waals surface area contributed by atoms with Crippen molar-refractivity contribution >= 4 is 41.8 Å². The smallest absolute Gasteiger partial charge is 0.233 e. The number of imide groups is 1. The van der Waals surface area contributed by atoms with Gasteiger partial charge in [0.25, 0.3) is 0 Å². The van der Waals surface area contributed by atoms with Crippen LogP contribution < -0.4 is 15.4 Å². The number of halogens is 3. The average Bonchev–Trinajstić information content (AvgIpc) is 3.46. The molecule has 10 heteroatoms. The van der Waals surface area contributed by atoms with E-state index in [4.69, 9.17) is 4.74 Å². The normalized spacial score (nSPS) is 25.3. The Morgan fingerprint density at radius 2 is 1.82 bits per heavy atom. The van der Waals surface area contributed by atoms with Crippen LogP contribution in [0.2, 0.25) is 0 Å². The topological polar surface area (TPSA) is 83.0 Å². The first-order valence-corrected chi connectivity index (χ1v) is 11.1. The average molecular weight is 574 g/mol. The molecule has 0 radical (unpaired) electrons. The second-order valence-electron chi connectivity index (χ2n) is 8.29. The van der Waals surface area contributed by atoms with Crippen LogP contribution in [-0.2, 0) is 9.59 Å². The number of nitrogens with one attached hydrogen (secondary N) is 2. The van der Waals surface area contributed by atoms with Gasteiger partial charge in [0.05, 0.1) is 18.4 Å². The fourth-order valence-corrected chi connectivity index (χ4v) is 4.85. The predicted molar refractivity (Wildman–Crippen MR) is 130 cm³/mol. The Hall–Kier alpha value is -2.24. The number of hydrogen-bond acceptors (Lipinski definition) is 4. The van der Waals surface area contributed by atoms with E-state index in [9.17, 15) is 18.4 Å². The number of likely N-dealkylation sites (tertiary alicyclic amines) is 1. The lowest BCUT2D eigenvalue weighted by molar-refractivity contribution is -0.140. The minimum Gasteiger partial charge on any atom is -0.492 e. The van der Waals surface area contributed by atoms with Crippen LogP contribution in [0.3, 0.4) is 0 Å². The van der Waals surface area contributed by atoms with Gasteiger partial charge in [0.15, 0.2) is 17.6 Å². The van der Waals surface area contributed by atoms with Crippen molar-refractivity contribution in [2.45, 2.75) is 19.8 Å². The molecular weight excluding hydrogens is 545 g/mol. The zero-order chi connectivity index (χ0) is 22.7. The number of carbonyl (C=O) groups excluding carboxylic acids is 2. The van der Waals surface area contributed by atoms with E-state index in [1.807, 2.05) is 6.92 Å². The van der Waals surface area contributed by atoms with Crippen LogP contribution >= 0.6 is 24.0 Å². The molecule has 1 heterocycles. The van der Waals surface area contributed by atoms with E-state index in [1.54, 1.807) is 0 Å². The van der Waals surface area contributed by atoms with Crippen molar-refractivity contribution in [2.24, 2.45) is 28.7 Å². The SMILES string of the molecule is CCNC(=NCCCN1C(=O)C2C3C=CC(C3)C2C1=O)NCCOc1ccc(F)c(F)c1.I. The van der Waals surface area contributed by atoms with Crippen molar-refractivity contribution in [1.29, 1.82) is 0 Å². The van der Waals surface area contributed by atoms with Crippen molar-refractivity contribution in [3.05, 3.63) is 42.0 Å². The van der Waals surface area contributed by atoms with Crippen LogP contribution in [0.15, 0.2) is 35.3 Å². The summed E-state index contributed by atoms with van der Waals surface area (Å²) in [5.74, 6) is -0.954. The lowest BCUT2D eigenvalue weighted by Gasteiger charge is -2.17. The van der Waals surface area contributed by atoms with Crippen molar-refractivity contribution in [3.8, 4) is 5.75 Å². The highest BCUT2D eigenvalue weighted by atomic mass is 127. The molecule has 1 saturated carbocycles. The van der Waals surface area contributed by atoms with Crippen LogP contribution in [0, 0.1) is 35.3 Å². The van der Waals surface area contributed by atoms with Crippen molar-refractivity contribution in [1.82, 2.24) is 15.5 Å². The van der Waals surface area contributed by atoms with Crippen LogP contribution in [0.25, 0.3) is 0 Å². The van der Waals surface area contributed by atoms with Gasteiger partial charge in [-0.15, -0.1) is 24.0 Å². The summed E-state index contributed by atoms with van der Waals surface area (Å²) in [7, 11) is 0. The molecule has 2 bridgehead atoms. The second kappa shape index (κ2) is 11.3. The van der Waals surface area contributed by atoms with E-state index in [0.717, 1.165) is 18.6 Å². The molecule has 7 nitrogen and oxygen atoms in total.